The van der Waals surface area contributed by atoms with Gasteiger partial charge in [-0.25, -0.2) is 9.37 Å². The van der Waals surface area contributed by atoms with Gasteiger partial charge in [0.25, 0.3) is 5.91 Å². The molecule has 27 heavy (non-hydrogen) atoms. The Morgan fingerprint density at radius 3 is 2.44 bits per heavy atom. The Morgan fingerprint density at radius 1 is 0.963 bits per heavy atom. The lowest BCUT2D eigenvalue weighted by Gasteiger charge is -2.07. The van der Waals surface area contributed by atoms with Crippen molar-refractivity contribution in [3.05, 3.63) is 77.9 Å². The SMILES string of the molecule is O=C(Cc1coc(-c2ccccc2)n1)NCCNC(=O)c1ccccc1F. The van der Waals surface area contributed by atoms with E-state index in [2.05, 4.69) is 15.6 Å². The first-order valence-electron chi connectivity index (χ1n) is 8.43. The van der Waals surface area contributed by atoms with E-state index in [4.69, 9.17) is 4.42 Å². The van der Waals surface area contributed by atoms with Crippen molar-refractivity contribution in [2.24, 2.45) is 0 Å². The van der Waals surface area contributed by atoms with E-state index in [0.29, 0.717) is 11.6 Å². The van der Waals surface area contributed by atoms with E-state index in [1.165, 1.54) is 24.5 Å². The van der Waals surface area contributed by atoms with Gasteiger partial charge in [-0.2, -0.15) is 0 Å². The molecule has 3 aromatic rings. The van der Waals surface area contributed by atoms with Gasteiger partial charge in [0.2, 0.25) is 11.8 Å². The highest BCUT2D eigenvalue weighted by Crippen LogP contribution is 2.17. The fraction of sp³-hybridized carbons (Fsp3) is 0.150. The van der Waals surface area contributed by atoms with E-state index in [-0.39, 0.29) is 31.0 Å². The van der Waals surface area contributed by atoms with Gasteiger partial charge >= 0.3 is 0 Å². The molecule has 0 bridgehead atoms. The van der Waals surface area contributed by atoms with Gasteiger partial charge in [-0.05, 0) is 24.3 Å². The van der Waals surface area contributed by atoms with Crippen molar-refractivity contribution in [2.45, 2.75) is 6.42 Å². The summed E-state index contributed by atoms with van der Waals surface area (Å²) in [5.74, 6) is -0.899. The number of carbonyl (C=O) groups excluding carboxylic acids is 2. The fourth-order valence-electron chi connectivity index (χ4n) is 2.45. The summed E-state index contributed by atoms with van der Waals surface area (Å²) in [6.45, 7) is 0.412. The molecule has 0 spiro atoms. The molecule has 0 aliphatic rings. The largest absolute Gasteiger partial charge is 0.444 e. The Balaban J connectivity index is 1.42. The Kier molecular flexibility index (Phi) is 5.94. The molecule has 2 N–H and O–H groups in total. The Bertz CT molecular complexity index is 925. The van der Waals surface area contributed by atoms with Crippen molar-refractivity contribution in [1.82, 2.24) is 15.6 Å². The monoisotopic (exact) mass is 367 g/mol. The molecular weight excluding hydrogens is 349 g/mol. The van der Waals surface area contributed by atoms with Crippen molar-refractivity contribution in [1.29, 1.82) is 0 Å². The highest BCUT2D eigenvalue weighted by molar-refractivity contribution is 5.94. The Morgan fingerprint density at radius 2 is 1.67 bits per heavy atom. The summed E-state index contributed by atoms with van der Waals surface area (Å²) < 4.78 is 18.9. The molecule has 0 saturated carbocycles. The molecule has 3 rings (SSSR count). The number of halogens is 1. The topological polar surface area (TPSA) is 84.2 Å². The van der Waals surface area contributed by atoms with Gasteiger partial charge in [-0.15, -0.1) is 0 Å². The third-order valence-electron chi connectivity index (χ3n) is 3.77. The van der Waals surface area contributed by atoms with Gasteiger partial charge in [-0.1, -0.05) is 30.3 Å². The predicted molar refractivity (Wildman–Crippen MR) is 97.4 cm³/mol. The summed E-state index contributed by atoms with van der Waals surface area (Å²) in [7, 11) is 0. The van der Waals surface area contributed by atoms with Crippen LogP contribution in [0.15, 0.2) is 65.3 Å². The van der Waals surface area contributed by atoms with Gasteiger partial charge in [-0.3, -0.25) is 9.59 Å². The van der Waals surface area contributed by atoms with Crippen LogP contribution in [0.4, 0.5) is 4.39 Å². The zero-order valence-electron chi connectivity index (χ0n) is 14.4. The molecule has 0 aliphatic heterocycles. The zero-order chi connectivity index (χ0) is 19.1. The molecule has 0 atom stereocenters. The first-order chi connectivity index (χ1) is 13.1. The normalized spacial score (nSPS) is 10.4. The smallest absolute Gasteiger partial charge is 0.254 e. The molecule has 0 fully saturated rings. The minimum Gasteiger partial charge on any atom is -0.444 e. The maximum Gasteiger partial charge on any atom is 0.254 e. The molecular formula is C20H18FN3O3. The number of hydrogen-bond acceptors (Lipinski definition) is 4. The van der Waals surface area contributed by atoms with Crippen molar-refractivity contribution >= 4 is 11.8 Å². The van der Waals surface area contributed by atoms with Gasteiger partial charge in [0.05, 0.1) is 17.7 Å². The molecule has 0 unspecified atom stereocenters. The van der Waals surface area contributed by atoms with Crippen LogP contribution in [0.2, 0.25) is 0 Å². The molecule has 0 aliphatic carbocycles. The maximum atomic E-state index is 13.5. The van der Waals surface area contributed by atoms with Crippen molar-refractivity contribution in [2.75, 3.05) is 13.1 Å². The maximum absolute atomic E-state index is 13.5. The molecule has 1 aromatic heterocycles. The second-order valence-electron chi connectivity index (χ2n) is 5.77. The quantitative estimate of drug-likeness (QED) is 0.629. The number of amides is 2. The molecule has 0 saturated heterocycles. The highest BCUT2D eigenvalue weighted by Gasteiger charge is 2.12. The number of hydrogen-bond donors (Lipinski definition) is 2. The molecule has 138 valence electrons. The summed E-state index contributed by atoms with van der Waals surface area (Å²) in [6.07, 6.45) is 1.51. The molecule has 7 heteroatoms. The zero-order valence-corrected chi connectivity index (χ0v) is 14.4. The van der Waals surface area contributed by atoms with Crippen LogP contribution in [0, 0.1) is 5.82 Å². The third kappa shape index (κ3) is 5.01. The van der Waals surface area contributed by atoms with Crippen LogP contribution in [0.1, 0.15) is 16.1 Å². The lowest BCUT2D eigenvalue weighted by atomic mass is 10.2. The molecule has 0 radical (unpaired) electrons. The predicted octanol–water partition coefficient (Wildman–Crippen LogP) is 2.57. The summed E-state index contributed by atoms with van der Waals surface area (Å²) in [5.41, 5.74) is 1.32. The second kappa shape index (κ2) is 8.75. The second-order valence-corrected chi connectivity index (χ2v) is 5.77. The summed E-state index contributed by atoms with van der Waals surface area (Å²) >= 11 is 0. The molecule has 2 aromatic carbocycles. The average molecular weight is 367 g/mol. The number of nitrogens with zero attached hydrogens (tertiary/aromatic N) is 1. The van der Waals surface area contributed by atoms with Crippen molar-refractivity contribution in [3.63, 3.8) is 0 Å². The van der Waals surface area contributed by atoms with E-state index < -0.39 is 11.7 Å². The van der Waals surface area contributed by atoms with E-state index in [1.54, 1.807) is 6.07 Å². The van der Waals surface area contributed by atoms with Crippen LogP contribution in [0.5, 0.6) is 0 Å². The Hall–Kier alpha value is -3.48. The van der Waals surface area contributed by atoms with E-state index in [0.717, 1.165) is 5.56 Å². The fourth-order valence-corrected chi connectivity index (χ4v) is 2.45. The average Bonchev–Trinajstić information content (AvgIpc) is 3.14. The third-order valence-corrected chi connectivity index (χ3v) is 3.77. The van der Waals surface area contributed by atoms with Crippen LogP contribution in [0.25, 0.3) is 11.5 Å². The molecule has 2 amide bonds. The highest BCUT2D eigenvalue weighted by atomic mass is 19.1. The summed E-state index contributed by atoms with van der Waals surface area (Å²) in [5, 5.41) is 5.23. The summed E-state index contributed by atoms with van der Waals surface area (Å²) in [4.78, 5) is 28.1. The number of oxazole rings is 1. The van der Waals surface area contributed by atoms with E-state index in [9.17, 15) is 14.0 Å². The minimum atomic E-state index is -0.584. The molecule has 6 nitrogen and oxygen atoms in total. The first kappa shape index (κ1) is 18.3. The Labute approximate surface area is 155 Å². The lowest BCUT2D eigenvalue weighted by molar-refractivity contribution is -0.120. The van der Waals surface area contributed by atoms with Crippen LogP contribution in [-0.4, -0.2) is 29.9 Å². The number of benzene rings is 2. The van der Waals surface area contributed by atoms with Crippen molar-refractivity contribution < 1.29 is 18.4 Å². The number of nitrogens with one attached hydrogen (secondary N) is 2. The number of aromatic nitrogens is 1. The number of rotatable bonds is 7. The lowest BCUT2D eigenvalue weighted by Crippen LogP contribution is -2.35. The van der Waals surface area contributed by atoms with Gasteiger partial charge < -0.3 is 15.1 Å². The van der Waals surface area contributed by atoms with Crippen LogP contribution in [0.3, 0.4) is 0 Å². The van der Waals surface area contributed by atoms with Crippen LogP contribution >= 0.6 is 0 Å². The van der Waals surface area contributed by atoms with Gasteiger partial charge in [0.1, 0.15) is 12.1 Å². The first-order valence-corrected chi connectivity index (χ1v) is 8.43. The van der Waals surface area contributed by atoms with Crippen LogP contribution in [-0.2, 0) is 11.2 Å². The van der Waals surface area contributed by atoms with E-state index >= 15 is 0 Å². The summed E-state index contributed by atoms with van der Waals surface area (Å²) in [6, 6.07) is 15.1. The van der Waals surface area contributed by atoms with Crippen molar-refractivity contribution in [3.8, 4) is 11.5 Å². The van der Waals surface area contributed by atoms with Gasteiger partial charge in [0.15, 0.2) is 0 Å². The van der Waals surface area contributed by atoms with Crippen LogP contribution < -0.4 is 10.6 Å². The van der Waals surface area contributed by atoms with Gasteiger partial charge in [0, 0.05) is 18.7 Å². The minimum absolute atomic E-state index is 0.0279. The number of carbonyl (C=O) groups is 2. The standard InChI is InChI=1S/C20H18FN3O3/c21-17-9-5-4-8-16(17)19(26)23-11-10-22-18(25)12-15-13-27-20(24-15)14-6-2-1-3-7-14/h1-9,13H,10-12H2,(H,22,25)(H,23,26). The van der Waals surface area contributed by atoms with E-state index in [1.807, 2.05) is 30.3 Å². The molecule has 1 heterocycles.